The Labute approximate surface area is 209 Å². The van der Waals surface area contributed by atoms with Crippen molar-refractivity contribution in [1.82, 2.24) is 15.0 Å². The Balaban J connectivity index is 1.65. The molecule has 0 radical (unpaired) electrons. The highest BCUT2D eigenvalue weighted by Crippen LogP contribution is 2.39. The summed E-state index contributed by atoms with van der Waals surface area (Å²) in [6, 6.07) is 28.5. The molecule has 0 saturated carbocycles. The molecule has 0 aliphatic heterocycles. The zero-order chi connectivity index (χ0) is 24.6. The summed E-state index contributed by atoms with van der Waals surface area (Å²) < 4.78 is 6.39. The number of hydrogen-bond donors (Lipinski definition) is 0. The van der Waals surface area contributed by atoms with E-state index in [1.54, 1.807) is 6.08 Å². The summed E-state index contributed by atoms with van der Waals surface area (Å²) in [6.45, 7) is 10.7. The number of hydrogen-bond acceptors (Lipinski definition) is 5. The van der Waals surface area contributed by atoms with Crippen LogP contribution in [0.25, 0.3) is 55.5 Å². The lowest BCUT2D eigenvalue weighted by Crippen LogP contribution is -2.23. The molecule has 0 saturated heterocycles. The lowest BCUT2D eigenvalue weighted by Gasteiger charge is -2.22. The third kappa shape index (κ3) is 3.53. The minimum Gasteiger partial charge on any atom is -0.455 e. The van der Waals surface area contributed by atoms with Gasteiger partial charge in [0.25, 0.3) is 0 Å². The van der Waals surface area contributed by atoms with Crippen LogP contribution < -0.4 is 4.90 Å². The Bertz CT molecular complexity index is 1770. The summed E-state index contributed by atoms with van der Waals surface area (Å²) in [7, 11) is 0. The quantitative estimate of drug-likeness (QED) is 0.234. The lowest BCUT2D eigenvalue weighted by atomic mass is 10.0. The monoisotopic (exact) mass is 468 g/mol. The van der Waals surface area contributed by atoms with E-state index in [2.05, 4.69) is 37.4 Å². The largest absolute Gasteiger partial charge is 0.455 e. The van der Waals surface area contributed by atoms with Gasteiger partial charge in [-0.15, -0.1) is 0 Å². The van der Waals surface area contributed by atoms with Gasteiger partial charge < -0.3 is 9.32 Å². The standard InChI is InChI=1S/C31H24N4O/c1-4-20(3)35(5-2)31-33-29(22-13-7-6-8-14-22)32-30(34-31)25-16-11-17-26-27(25)24-19-18-21-12-9-10-15-23(21)28(24)36-26/h4,6-19H,1,3,5H2,2H3. The minimum absolute atomic E-state index is 0.529. The van der Waals surface area contributed by atoms with Crippen LogP contribution in [-0.2, 0) is 0 Å². The van der Waals surface area contributed by atoms with Crippen molar-refractivity contribution in [2.45, 2.75) is 6.92 Å². The van der Waals surface area contributed by atoms with Gasteiger partial charge in [0.05, 0.1) is 0 Å². The third-order valence-electron chi connectivity index (χ3n) is 6.42. The molecule has 174 valence electrons. The van der Waals surface area contributed by atoms with Gasteiger partial charge in [0, 0.05) is 39.5 Å². The Kier molecular flexibility index (Phi) is 5.30. The van der Waals surface area contributed by atoms with Gasteiger partial charge in [-0.1, -0.05) is 86.0 Å². The van der Waals surface area contributed by atoms with Crippen molar-refractivity contribution < 1.29 is 4.42 Å². The highest BCUT2D eigenvalue weighted by molar-refractivity contribution is 6.18. The number of likely N-dealkylation sites (N-methyl/N-ethyl adjacent to an activating group) is 1. The molecule has 0 N–H and O–H groups in total. The van der Waals surface area contributed by atoms with Gasteiger partial charge in [-0.2, -0.15) is 9.97 Å². The maximum absolute atomic E-state index is 6.39. The van der Waals surface area contributed by atoms with Gasteiger partial charge in [-0.3, -0.25) is 0 Å². The normalized spacial score (nSPS) is 11.2. The molecule has 0 aliphatic carbocycles. The van der Waals surface area contributed by atoms with Crippen molar-refractivity contribution in [3.63, 3.8) is 0 Å². The molecule has 5 heteroatoms. The highest BCUT2D eigenvalue weighted by Gasteiger charge is 2.20. The molecule has 2 aromatic heterocycles. The summed E-state index contributed by atoms with van der Waals surface area (Å²) in [4.78, 5) is 16.6. The topological polar surface area (TPSA) is 55.1 Å². The first-order valence-corrected chi connectivity index (χ1v) is 11.9. The first-order valence-electron chi connectivity index (χ1n) is 11.9. The van der Waals surface area contributed by atoms with Crippen LogP contribution in [0.2, 0.25) is 0 Å². The number of allylic oxidation sites excluding steroid dienone is 1. The number of fused-ring (bicyclic) bond motifs is 5. The average Bonchev–Trinajstić information content (AvgIpc) is 3.33. The van der Waals surface area contributed by atoms with Crippen LogP contribution in [0.1, 0.15) is 6.92 Å². The molecule has 0 atom stereocenters. The Morgan fingerprint density at radius 3 is 2.42 bits per heavy atom. The lowest BCUT2D eigenvalue weighted by molar-refractivity contribution is 0.672. The molecule has 36 heavy (non-hydrogen) atoms. The van der Waals surface area contributed by atoms with Crippen molar-refractivity contribution in [2.75, 3.05) is 11.4 Å². The number of benzene rings is 4. The number of furan rings is 1. The molecule has 0 fully saturated rings. The van der Waals surface area contributed by atoms with Gasteiger partial charge in [0.1, 0.15) is 11.2 Å². The minimum atomic E-state index is 0.529. The zero-order valence-corrected chi connectivity index (χ0v) is 20.0. The van der Waals surface area contributed by atoms with Crippen LogP contribution in [0.15, 0.2) is 114 Å². The zero-order valence-electron chi connectivity index (χ0n) is 20.0. The summed E-state index contributed by atoms with van der Waals surface area (Å²) in [6.07, 6.45) is 1.71. The van der Waals surface area contributed by atoms with Crippen molar-refractivity contribution in [1.29, 1.82) is 0 Å². The van der Waals surface area contributed by atoms with Gasteiger partial charge >= 0.3 is 0 Å². The number of aromatic nitrogens is 3. The molecule has 4 aromatic carbocycles. The molecule has 6 rings (SSSR count). The SMILES string of the molecule is C=CC(=C)N(CC)c1nc(-c2ccccc2)nc(-c2cccc3oc4c5ccccc5ccc4c23)n1. The molecular weight excluding hydrogens is 444 g/mol. The number of nitrogens with zero attached hydrogens (tertiary/aromatic N) is 4. The molecule has 5 nitrogen and oxygen atoms in total. The number of anilines is 1. The second-order valence-electron chi connectivity index (χ2n) is 8.53. The Morgan fingerprint density at radius 1 is 0.833 bits per heavy atom. The van der Waals surface area contributed by atoms with Crippen LogP contribution in [0.3, 0.4) is 0 Å². The fourth-order valence-corrected chi connectivity index (χ4v) is 4.65. The van der Waals surface area contributed by atoms with E-state index in [0.29, 0.717) is 24.1 Å². The first-order chi connectivity index (χ1) is 17.7. The fraction of sp³-hybridized carbons (Fsp3) is 0.0645. The predicted molar refractivity (Wildman–Crippen MR) is 148 cm³/mol. The maximum Gasteiger partial charge on any atom is 0.234 e. The van der Waals surface area contributed by atoms with E-state index in [9.17, 15) is 0 Å². The molecule has 0 bridgehead atoms. The molecule has 0 aliphatic rings. The molecule has 0 amide bonds. The van der Waals surface area contributed by atoms with Gasteiger partial charge in [-0.05, 0) is 30.5 Å². The molecule has 2 heterocycles. The number of rotatable bonds is 6. The maximum atomic E-state index is 6.39. The van der Waals surface area contributed by atoms with Gasteiger partial charge in [-0.25, -0.2) is 4.98 Å². The van der Waals surface area contributed by atoms with E-state index >= 15 is 0 Å². The summed E-state index contributed by atoms with van der Waals surface area (Å²) in [5.41, 5.74) is 4.20. The van der Waals surface area contributed by atoms with Gasteiger partial charge in [0.15, 0.2) is 11.6 Å². The van der Waals surface area contributed by atoms with E-state index in [1.807, 2.05) is 72.5 Å². The summed E-state index contributed by atoms with van der Waals surface area (Å²) in [5, 5.41) is 4.24. The van der Waals surface area contributed by atoms with E-state index in [1.165, 1.54) is 0 Å². The van der Waals surface area contributed by atoms with Gasteiger partial charge in [0.2, 0.25) is 5.95 Å². The molecular formula is C31H24N4O. The van der Waals surface area contributed by atoms with Crippen LogP contribution in [-0.4, -0.2) is 21.5 Å². The second-order valence-corrected chi connectivity index (χ2v) is 8.53. The predicted octanol–water partition coefficient (Wildman–Crippen LogP) is 7.78. The molecule has 0 unspecified atom stereocenters. The highest BCUT2D eigenvalue weighted by atomic mass is 16.3. The smallest absolute Gasteiger partial charge is 0.234 e. The molecule has 6 aromatic rings. The van der Waals surface area contributed by atoms with E-state index in [4.69, 9.17) is 19.4 Å². The molecule has 0 spiro atoms. The van der Waals surface area contributed by atoms with Crippen LogP contribution in [0.4, 0.5) is 5.95 Å². The van der Waals surface area contributed by atoms with E-state index in [-0.39, 0.29) is 0 Å². The van der Waals surface area contributed by atoms with Crippen molar-refractivity contribution in [3.8, 4) is 22.8 Å². The Morgan fingerprint density at radius 2 is 1.61 bits per heavy atom. The van der Waals surface area contributed by atoms with Crippen molar-refractivity contribution >= 4 is 38.7 Å². The summed E-state index contributed by atoms with van der Waals surface area (Å²) in [5.74, 6) is 1.71. The Hall–Kier alpha value is -4.77. The third-order valence-corrected chi connectivity index (χ3v) is 6.42. The average molecular weight is 469 g/mol. The van der Waals surface area contributed by atoms with E-state index < -0.39 is 0 Å². The summed E-state index contributed by atoms with van der Waals surface area (Å²) >= 11 is 0. The van der Waals surface area contributed by atoms with E-state index in [0.717, 1.165) is 49.5 Å². The van der Waals surface area contributed by atoms with Crippen molar-refractivity contribution in [2.24, 2.45) is 0 Å². The van der Waals surface area contributed by atoms with Crippen LogP contribution in [0.5, 0.6) is 0 Å². The first kappa shape index (κ1) is 21.7. The fourth-order valence-electron chi connectivity index (χ4n) is 4.65. The second kappa shape index (κ2) is 8.78. The van der Waals surface area contributed by atoms with Crippen LogP contribution >= 0.6 is 0 Å². The van der Waals surface area contributed by atoms with Crippen molar-refractivity contribution in [3.05, 3.63) is 110 Å². The van der Waals surface area contributed by atoms with Crippen LogP contribution in [0, 0.1) is 0 Å².